The van der Waals surface area contributed by atoms with Gasteiger partial charge in [-0.1, -0.05) is 0 Å². The minimum absolute atomic E-state index is 0.109. The number of pyridine rings is 1. The lowest BCUT2D eigenvalue weighted by Gasteiger charge is -2.15. The van der Waals surface area contributed by atoms with E-state index in [9.17, 15) is 18.0 Å². The van der Waals surface area contributed by atoms with Crippen LogP contribution >= 0.6 is 0 Å². The fourth-order valence-electron chi connectivity index (χ4n) is 2.53. The van der Waals surface area contributed by atoms with E-state index in [2.05, 4.69) is 15.3 Å². The van der Waals surface area contributed by atoms with Crippen LogP contribution in [0.1, 0.15) is 5.69 Å². The molecular weight excluding hydrogens is 351 g/mol. The molecule has 0 aliphatic rings. The van der Waals surface area contributed by atoms with E-state index < -0.39 is 17.3 Å². The Bertz CT molecular complexity index is 1050. The average Bonchev–Trinajstić information content (AvgIpc) is 2.57. The molecule has 0 unspecified atom stereocenters. The summed E-state index contributed by atoms with van der Waals surface area (Å²) < 4.78 is 45.2. The predicted molar refractivity (Wildman–Crippen MR) is 90.5 cm³/mol. The van der Waals surface area contributed by atoms with E-state index >= 15 is 0 Å². The normalized spacial score (nSPS) is 11.6. The quantitative estimate of drug-likeness (QED) is 0.741. The van der Waals surface area contributed by atoms with Gasteiger partial charge in [-0.2, -0.15) is 18.2 Å². The summed E-state index contributed by atoms with van der Waals surface area (Å²) in [5.74, 6) is 0.545. The molecule has 3 rings (SSSR count). The van der Waals surface area contributed by atoms with Crippen LogP contribution in [-0.2, 0) is 13.2 Å². The van der Waals surface area contributed by atoms with Gasteiger partial charge in [0.1, 0.15) is 5.69 Å². The minimum atomic E-state index is -4.64. The van der Waals surface area contributed by atoms with Crippen molar-refractivity contribution in [2.45, 2.75) is 6.18 Å². The minimum Gasteiger partial charge on any atom is -0.491 e. The van der Waals surface area contributed by atoms with Crippen molar-refractivity contribution in [1.82, 2.24) is 14.5 Å². The maximum atomic E-state index is 13.1. The number of aromatic nitrogens is 3. The predicted octanol–water partition coefficient (Wildman–Crippen LogP) is 2.68. The summed E-state index contributed by atoms with van der Waals surface area (Å²) >= 11 is 0. The summed E-state index contributed by atoms with van der Waals surface area (Å²) in [4.78, 5) is 20.0. The highest BCUT2D eigenvalue weighted by Crippen LogP contribution is 2.30. The number of rotatable bonds is 3. The third-order valence-corrected chi connectivity index (χ3v) is 3.80. The molecule has 0 saturated carbocycles. The Morgan fingerprint density at radius 3 is 2.62 bits per heavy atom. The number of nitrogen functional groups attached to an aromatic ring is 1. The fourth-order valence-corrected chi connectivity index (χ4v) is 2.53. The number of aryl methyl sites for hydroxylation is 1. The van der Waals surface area contributed by atoms with Gasteiger partial charge >= 0.3 is 6.18 Å². The second kappa shape index (κ2) is 6.21. The van der Waals surface area contributed by atoms with Crippen molar-refractivity contribution in [1.29, 1.82) is 0 Å². The van der Waals surface area contributed by atoms with Gasteiger partial charge in [0.15, 0.2) is 17.0 Å². The molecule has 0 spiro atoms. The van der Waals surface area contributed by atoms with Gasteiger partial charge in [0.2, 0.25) is 5.95 Å². The Labute approximate surface area is 145 Å². The van der Waals surface area contributed by atoms with Crippen LogP contribution in [0.4, 0.5) is 30.6 Å². The highest BCUT2D eigenvalue weighted by molar-refractivity contribution is 5.83. The summed E-state index contributed by atoms with van der Waals surface area (Å²) in [6.45, 7) is 0. The molecule has 3 N–H and O–H groups in total. The first kappa shape index (κ1) is 17.5. The summed E-state index contributed by atoms with van der Waals surface area (Å²) in [6.07, 6.45) is -3.28. The first-order valence-electron chi connectivity index (χ1n) is 7.35. The molecular formula is C16H14F3N5O2. The van der Waals surface area contributed by atoms with Gasteiger partial charge < -0.3 is 20.4 Å². The second-order valence-electron chi connectivity index (χ2n) is 5.45. The molecule has 3 aromatic rings. The molecule has 0 aliphatic carbocycles. The standard InChI is InChI=1S/C16H14F3N5O2/c1-24-10-5-8(22-15-21-7-12(26-2)14(20)23-15)3-4-9(10)11(25)6-13(24)16(17,18)19/h3-7H,1-2H3,(H3,20,21,22,23). The molecule has 0 fully saturated rings. The number of ether oxygens (including phenoxy) is 1. The lowest BCUT2D eigenvalue weighted by atomic mass is 10.1. The maximum absolute atomic E-state index is 13.1. The number of methoxy groups -OCH3 is 1. The SMILES string of the molecule is COc1cnc(Nc2ccc3c(=O)cc(C(F)(F)F)n(C)c3c2)nc1N. The van der Waals surface area contributed by atoms with Crippen LogP contribution in [0.25, 0.3) is 10.9 Å². The van der Waals surface area contributed by atoms with E-state index in [1.807, 2.05) is 0 Å². The molecule has 0 amide bonds. The van der Waals surface area contributed by atoms with Crippen LogP contribution in [0, 0.1) is 0 Å². The van der Waals surface area contributed by atoms with Gasteiger partial charge in [0.25, 0.3) is 0 Å². The van der Waals surface area contributed by atoms with Crippen LogP contribution in [0.15, 0.2) is 35.3 Å². The molecule has 0 atom stereocenters. The Morgan fingerprint density at radius 1 is 1.27 bits per heavy atom. The first-order chi connectivity index (χ1) is 12.2. The number of anilines is 3. The van der Waals surface area contributed by atoms with Gasteiger partial charge in [-0.05, 0) is 18.2 Å². The van der Waals surface area contributed by atoms with Gasteiger partial charge in [-0.15, -0.1) is 0 Å². The zero-order valence-electron chi connectivity index (χ0n) is 13.8. The monoisotopic (exact) mass is 365 g/mol. The first-order valence-corrected chi connectivity index (χ1v) is 7.35. The lowest BCUT2D eigenvalue weighted by molar-refractivity contribution is -0.143. The van der Waals surface area contributed by atoms with Gasteiger partial charge in [-0.3, -0.25) is 4.79 Å². The number of alkyl halides is 3. The smallest absolute Gasteiger partial charge is 0.431 e. The number of nitrogens with two attached hydrogens (primary N) is 1. The Kier molecular flexibility index (Phi) is 4.18. The van der Waals surface area contributed by atoms with E-state index in [4.69, 9.17) is 10.5 Å². The number of nitrogens with zero attached hydrogens (tertiary/aromatic N) is 3. The zero-order valence-corrected chi connectivity index (χ0v) is 13.8. The number of fused-ring (bicyclic) bond motifs is 1. The van der Waals surface area contributed by atoms with Crippen LogP contribution in [0.3, 0.4) is 0 Å². The number of benzene rings is 1. The number of hydrogen-bond donors (Lipinski definition) is 2. The van der Waals surface area contributed by atoms with Crippen molar-refractivity contribution in [3.05, 3.63) is 46.4 Å². The Hall–Kier alpha value is -3.30. The molecule has 0 radical (unpaired) electrons. The fraction of sp³-hybridized carbons (Fsp3) is 0.188. The van der Waals surface area contributed by atoms with E-state index in [-0.39, 0.29) is 22.7 Å². The van der Waals surface area contributed by atoms with Crippen molar-refractivity contribution in [3.63, 3.8) is 0 Å². The Morgan fingerprint density at radius 2 is 2.00 bits per heavy atom. The lowest BCUT2D eigenvalue weighted by Crippen LogP contribution is -2.19. The second-order valence-corrected chi connectivity index (χ2v) is 5.45. The molecule has 26 heavy (non-hydrogen) atoms. The summed E-state index contributed by atoms with van der Waals surface area (Å²) in [6, 6.07) is 4.98. The van der Waals surface area contributed by atoms with Crippen LogP contribution in [0.2, 0.25) is 0 Å². The molecule has 2 aromatic heterocycles. The number of halogens is 3. The van der Waals surface area contributed by atoms with E-state index in [1.54, 1.807) is 6.07 Å². The van der Waals surface area contributed by atoms with E-state index in [0.29, 0.717) is 17.5 Å². The highest BCUT2D eigenvalue weighted by atomic mass is 19.4. The molecule has 2 heterocycles. The van der Waals surface area contributed by atoms with Crippen LogP contribution in [-0.4, -0.2) is 21.6 Å². The van der Waals surface area contributed by atoms with Crippen molar-refractivity contribution < 1.29 is 17.9 Å². The largest absolute Gasteiger partial charge is 0.491 e. The maximum Gasteiger partial charge on any atom is 0.431 e. The summed E-state index contributed by atoms with van der Waals surface area (Å²) in [5, 5.41) is 3.01. The number of nitrogens with one attached hydrogen (secondary N) is 1. The third-order valence-electron chi connectivity index (χ3n) is 3.80. The van der Waals surface area contributed by atoms with Crippen LogP contribution in [0.5, 0.6) is 5.75 Å². The zero-order chi connectivity index (χ0) is 19.1. The van der Waals surface area contributed by atoms with Gasteiger partial charge in [-0.25, -0.2) is 4.98 Å². The molecule has 0 bridgehead atoms. The van der Waals surface area contributed by atoms with Crippen molar-refractivity contribution in [2.75, 3.05) is 18.2 Å². The van der Waals surface area contributed by atoms with Crippen molar-refractivity contribution >= 4 is 28.4 Å². The van der Waals surface area contributed by atoms with E-state index in [0.717, 1.165) is 4.57 Å². The molecule has 1 aromatic carbocycles. The topological polar surface area (TPSA) is 95.1 Å². The molecule has 0 saturated heterocycles. The average molecular weight is 365 g/mol. The Balaban J connectivity index is 2.07. The highest BCUT2D eigenvalue weighted by Gasteiger charge is 2.34. The molecule has 10 heteroatoms. The molecule has 7 nitrogen and oxygen atoms in total. The van der Waals surface area contributed by atoms with Gasteiger partial charge in [0, 0.05) is 24.2 Å². The van der Waals surface area contributed by atoms with Crippen molar-refractivity contribution in [2.24, 2.45) is 7.05 Å². The summed E-state index contributed by atoms with van der Waals surface area (Å²) in [5.41, 5.74) is 4.49. The summed E-state index contributed by atoms with van der Waals surface area (Å²) in [7, 11) is 2.67. The van der Waals surface area contributed by atoms with Crippen molar-refractivity contribution in [3.8, 4) is 5.75 Å². The molecule has 136 valence electrons. The molecule has 0 aliphatic heterocycles. The number of hydrogen-bond acceptors (Lipinski definition) is 6. The third kappa shape index (κ3) is 3.13. The van der Waals surface area contributed by atoms with Gasteiger partial charge in [0.05, 0.1) is 18.8 Å². The van der Waals surface area contributed by atoms with Crippen LogP contribution < -0.4 is 21.2 Å². The van der Waals surface area contributed by atoms with E-state index in [1.165, 1.54) is 32.5 Å².